The van der Waals surface area contributed by atoms with Gasteiger partial charge in [-0.25, -0.2) is 9.97 Å². The molecular weight excluding hydrogens is 198 g/mol. The normalized spacial score (nSPS) is 13.1. The van der Waals surface area contributed by atoms with Crippen LogP contribution >= 0.6 is 0 Å². The first-order chi connectivity index (χ1) is 7.71. The van der Waals surface area contributed by atoms with Crippen LogP contribution in [-0.2, 0) is 0 Å². The fraction of sp³-hybridized carbons (Fsp3) is 0.692. The Hall–Kier alpha value is -0.960. The van der Waals surface area contributed by atoms with Gasteiger partial charge in [-0.2, -0.15) is 0 Å². The predicted octanol–water partition coefficient (Wildman–Crippen LogP) is 2.87. The Morgan fingerprint density at radius 2 is 1.75 bits per heavy atom. The van der Waals surface area contributed by atoms with Crippen LogP contribution in [0.1, 0.15) is 50.5 Å². The van der Waals surface area contributed by atoms with Crippen molar-refractivity contribution in [1.29, 1.82) is 0 Å². The smallest absolute Gasteiger partial charge is 0.145 e. The summed E-state index contributed by atoms with van der Waals surface area (Å²) in [6.07, 6.45) is 7.34. The molecule has 0 aliphatic heterocycles. The van der Waals surface area contributed by atoms with Crippen molar-refractivity contribution >= 4 is 0 Å². The molecule has 0 saturated carbocycles. The van der Waals surface area contributed by atoms with E-state index < -0.39 is 0 Å². The van der Waals surface area contributed by atoms with Crippen molar-refractivity contribution in [2.24, 2.45) is 5.92 Å². The van der Waals surface area contributed by atoms with Crippen LogP contribution in [0.5, 0.6) is 0 Å². The minimum atomic E-state index is 0.283. The first-order valence-corrected chi connectivity index (χ1v) is 6.17. The average Bonchev–Trinajstić information content (AvgIpc) is 2.32. The van der Waals surface area contributed by atoms with Crippen LogP contribution in [0.25, 0.3) is 0 Å². The largest absolute Gasteiger partial charge is 0.310 e. The topological polar surface area (TPSA) is 37.8 Å². The summed E-state index contributed by atoms with van der Waals surface area (Å²) >= 11 is 0. The van der Waals surface area contributed by atoms with Gasteiger partial charge in [0.1, 0.15) is 5.82 Å². The van der Waals surface area contributed by atoms with Crippen molar-refractivity contribution in [1.82, 2.24) is 15.3 Å². The second-order valence-corrected chi connectivity index (χ2v) is 4.38. The van der Waals surface area contributed by atoms with E-state index in [9.17, 15) is 0 Å². The van der Waals surface area contributed by atoms with Gasteiger partial charge in [0, 0.05) is 12.4 Å². The van der Waals surface area contributed by atoms with Crippen molar-refractivity contribution in [3.63, 3.8) is 0 Å². The molecule has 3 nitrogen and oxygen atoms in total. The SMILES string of the molecule is CCC(CC)CC(NC)c1ncc(C)cn1. The third-order valence-corrected chi connectivity index (χ3v) is 3.18. The highest BCUT2D eigenvalue weighted by Gasteiger charge is 2.16. The second-order valence-electron chi connectivity index (χ2n) is 4.38. The Kier molecular flexibility index (Phi) is 5.39. The Balaban J connectivity index is 2.70. The summed E-state index contributed by atoms with van der Waals surface area (Å²) in [5.74, 6) is 1.67. The van der Waals surface area contributed by atoms with E-state index in [0.29, 0.717) is 0 Å². The monoisotopic (exact) mass is 221 g/mol. The van der Waals surface area contributed by atoms with Gasteiger partial charge in [-0.1, -0.05) is 26.7 Å². The van der Waals surface area contributed by atoms with Gasteiger partial charge in [-0.15, -0.1) is 0 Å². The van der Waals surface area contributed by atoms with Gasteiger partial charge in [-0.05, 0) is 31.9 Å². The summed E-state index contributed by atoms with van der Waals surface area (Å²) in [4.78, 5) is 8.79. The lowest BCUT2D eigenvalue weighted by atomic mass is 9.94. The molecule has 0 bridgehead atoms. The molecular formula is C13H23N3. The minimum Gasteiger partial charge on any atom is -0.310 e. The lowest BCUT2D eigenvalue weighted by Gasteiger charge is -2.20. The summed E-state index contributed by atoms with van der Waals surface area (Å²) < 4.78 is 0. The Morgan fingerprint density at radius 1 is 1.19 bits per heavy atom. The molecule has 1 rings (SSSR count). The van der Waals surface area contributed by atoms with Crippen LogP contribution in [0.2, 0.25) is 0 Å². The van der Waals surface area contributed by atoms with Gasteiger partial charge in [-0.3, -0.25) is 0 Å². The van der Waals surface area contributed by atoms with E-state index in [1.54, 1.807) is 0 Å². The summed E-state index contributed by atoms with van der Waals surface area (Å²) in [7, 11) is 1.98. The van der Waals surface area contributed by atoms with E-state index in [4.69, 9.17) is 0 Å². The highest BCUT2D eigenvalue weighted by molar-refractivity contribution is 5.04. The maximum Gasteiger partial charge on any atom is 0.145 e. The first-order valence-electron chi connectivity index (χ1n) is 6.17. The molecule has 0 aliphatic rings. The second kappa shape index (κ2) is 6.59. The maximum atomic E-state index is 4.40. The van der Waals surface area contributed by atoms with E-state index in [1.807, 2.05) is 26.4 Å². The van der Waals surface area contributed by atoms with Gasteiger partial charge >= 0.3 is 0 Å². The Labute approximate surface area is 98.7 Å². The molecule has 3 heteroatoms. The standard InChI is InChI=1S/C13H23N3/c1-5-11(6-2)7-12(14-4)13-15-8-10(3)9-16-13/h8-9,11-12,14H,5-7H2,1-4H3. The highest BCUT2D eigenvalue weighted by Crippen LogP contribution is 2.22. The van der Waals surface area contributed by atoms with Crippen molar-refractivity contribution in [2.45, 2.75) is 46.1 Å². The van der Waals surface area contributed by atoms with Crippen LogP contribution in [-0.4, -0.2) is 17.0 Å². The maximum absolute atomic E-state index is 4.40. The number of rotatable bonds is 6. The molecule has 0 amide bonds. The van der Waals surface area contributed by atoms with Crippen LogP contribution in [0.4, 0.5) is 0 Å². The summed E-state index contributed by atoms with van der Waals surface area (Å²) in [5, 5.41) is 3.31. The zero-order valence-corrected chi connectivity index (χ0v) is 10.8. The van der Waals surface area contributed by atoms with Gasteiger partial charge < -0.3 is 5.32 Å². The van der Waals surface area contributed by atoms with Gasteiger partial charge in [0.05, 0.1) is 6.04 Å². The highest BCUT2D eigenvalue weighted by atomic mass is 15.0. The van der Waals surface area contributed by atoms with Crippen molar-refractivity contribution < 1.29 is 0 Å². The zero-order valence-electron chi connectivity index (χ0n) is 10.8. The molecule has 90 valence electrons. The van der Waals surface area contributed by atoms with Crippen molar-refractivity contribution in [3.8, 4) is 0 Å². The van der Waals surface area contributed by atoms with Crippen LogP contribution in [0.3, 0.4) is 0 Å². The van der Waals surface area contributed by atoms with E-state index >= 15 is 0 Å². The summed E-state index contributed by atoms with van der Waals surface area (Å²) in [5.41, 5.74) is 1.11. The number of nitrogens with one attached hydrogen (secondary N) is 1. The summed E-state index contributed by atoms with van der Waals surface area (Å²) in [6, 6.07) is 0.283. The van der Waals surface area contributed by atoms with E-state index in [1.165, 1.54) is 12.8 Å². The quantitative estimate of drug-likeness (QED) is 0.802. The van der Waals surface area contributed by atoms with Gasteiger partial charge in [0.25, 0.3) is 0 Å². The molecule has 0 radical (unpaired) electrons. The van der Waals surface area contributed by atoms with Crippen LogP contribution in [0, 0.1) is 12.8 Å². The van der Waals surface area contributed by atoms with Gasteiger partial charge in [0.2, 0.25) is 0 Å². The Morgan fingerprint density at radius 3 is 2.19 bits per heavy atom. The molecule has 1 heterocycles. The lowest BCUT2D eigenvalue weighted by molar-refractivity contribution is 0.375. The third kappa shape index (κ3) is 3.56. The minimum absolute atomic E-state index is 0.283. The van der Waals surface area contributed by atoms with Gasteiger partial charge in [0.15, 0.2) is 0 Å². The third-order valence-electron chi connectivity index (χ3n) is 3.18. The molecule has 0 spiro atoms. The molecule has 0 fully saturated rings. The fourth-order valence-electron chi connectivity index (χ4n) is 1.89. The molecule has 1 aromatic heterocycles. The van der Waals surface area contributed by atoms with Crippen molar-refractivity contribution in [3.05, 3.63) is 23.8 Å². The average molecular weight is 221 g/mol. The molecule has 16 heavy (non-hydrogen) atoms. The number of hydrogen-bond acceptors (Lipinski definition) is 3. The number of hydrogen-bond donors (Lipinski definition) is 1. The number of aryl methyl sites for hydroxylation is 1. The van der Waals surface area contributed by atoms with E-state index in [-0.39, 0.29) is 6.04 Å². The predicted molar refractivity (Wildman–Crippen MR) is 67.3 cm³/mol. The van der Waals surface area contributed by atoms with Crippen molar-refractivity contribution in [2.75, 3.05) is 7.05 Å². The molecule has 1 aromatic rings. The first kappa shape index (κ1) is 13.1. The van der Waals surface area contributed by atoms with Crippen LogP contribution < -0.4 is 5.32 Å². The van der Waals surface area contributed by atoms with E-state index in [2.05, 4.69) is 29.1 Å². The zero-order chi connectivity index (χ0) is 12.0. The molecule has 1 N–H and O–H groups in total. The fourth-order valence-corrected chi connectivity index (χ4v) is 1.89. The lowest BCUT2D eigenvalue weighted by Crippen LogP contribution is -2.21. The molecule has 1 atom stereocenters. The number of nitrogens with zero attached hydrogens (tertiary/aromatic N) is 2. The summed E-state index contributed by atoms with van der Waals surface area (Å²) in [6.45, 7) is 6.51. The molecule has 1 unspecified atom stereocenters. The Bertz CT molecular complexity index is 291. The van der Waals surface area contributed by atoms with E-state index in [0.717, 1.165) is 23.7 Å². The molecule has 0 saturated heterocycles. The van der Waals surface area contributed by atoms with Crippen LogP contribution in [0.15, 0.2) is 12.4 Å². The number of aromatic nitrogens is 2. The molecule has 0 aliphatic carbocycles. The molecule has 0 aromatic carbocycles.